The molecule has 3 aromatic rings. The van der Waals surface area contributed by atoms with Crippen molar-refractivity contribution in [2.45, 2.75) is 26.4 Å². The van der Waals surface area contributed by atoms with Crippen molar-refractivity contribution in [3.63, 3.8) is 0 Å². The lowest BCUT2D eigenvalue weighted by atomic mass is 10.2. The molecule has 1 aromatic heterocycles. The lowest BCUT2D eigenvalue weighted by Gasteiger charge is -2.15. The summed E-state index contributed by atoms with van der Waals surface area (Å²) in [5.74, 6) is -0.417. The van der Waals surface area contributed by atoms with Gasteiger partial charge in [0.1, 0.15) is 29.5 Å². The molecular weight excluding hydrogens is 495 g/mol. The van der Waals surface area contributed by atoms with E-state index < -0.39 is 24.1 Å². The number of halogens is 3. The van der Waals surface area contributed by atoms with E-state index in [1.807, 2.05) is 0 Å². The predicted molar refractivity (Wildman–Crippen MR) is 127 cm³/mol. The molecule has 2 aromatic carbocycles. The fourth-order valence-electron chi connectivity index (χ4n) is 3.16. The summed E-state index contributed by atoms with van der Waals surface area (Å²) in [6, 6.07) is 12.9. The normalized spacial score (nSPS) is 10.8. The molecule has 0 aliphatic heterocycles. The van der Waals surface area contributed by atoms with Gasteiger partial charge in [0.05, 0.1) is 19.4 Å². The van der Waals surface area contributed by atoms with Crippen LogP contribution in [0.1, 0.15) is 28.5 Å². The van der Waals surface area contributed by atoms with Crippen LogP contribution < -0.4 is 24.8 Å². The number of benzene rings is 2. The molecule has 0 bridgehead atoms. The third-order valence-corrected chi connectivity index (χ3v) is 4.77. The molecule has 0 radical (unpaired) electrons. The average molecular weight is 519 g/mol. The van der Waals surface area contributed by atoms with E-state index in [1.165, 1.54) is 19.4 Å². The minimum Gasteiger partial charge on any atom is -0.495 e. The SMILES string of the molecule is CCOC(=O)c1cc(COc2ccccc2CNC(=O)Nc2cc(OC(F)(F)F)ccc2OC)ccn1. The molecular formula is C25H24F3N3O6. The Kier molecular flexibility index (Phi) is 9.14. The van der Waals surface area contributed by atoms with Crippen molar-refractivity contribution in [1.82, 2.24) is 10.3 Å². The number of nitrogens with one attached hydrogen (secondary N) is 2. The van der Waals surface area contributed by atoms with Gasteiger partial charge in [-0.3, -0.25) is 0 Å². The summed E-state index contributed by atoms with van der Waals surface area (Å²) in [4.78, 5) is 28.3. The van der Waals surface area contributed by atoms with Crippen LogP contribution in [0.4, 0.5) is 23.7 Å². The van der Waals surface area contributed by atoms with Crippen LogP contribution in [0.15, 0.2) is 60.8 Å². The third-order valence-electron chi connectivity index (χ3n) is 4.77. The molecule has 0 fully saturated rings. The first-order chi connectivity index (χ1) is 17.7. The number of hydrogen-bond acceptors (Lipinski definition) is 7. The molecule has 2 amide bonds. The molecule has 0 spiro atoms. The molecule has 1 heterocycles. The van der Waals surface area contributed by atoms with Crippen LogP contribution in [-0.4, -0.2) is 37.1 Å². The zero-order chi connectivity index (χ0) is 26.8. The first-order valence-corrected chi connectivity index (χ1v) is 11.0. The van der Waals surface area contributed by atoms with Gasteiger partial charge in [0.25, 0.3) is 0 Å². The van der Waals surface area contributed by atoms with Gasteiger partial charge in [-0.25, -0.2) is 14.6 Å². The number of urea groups is 1. The van der Waals surface area contributed by atoms with Gasteiger partial charge < -0.3 is 29.6 Å². The first kappa shape index (κ1) is 27.1. The number of esters is 1. The maximum Gasteiger partial charge on any atom is 0.573 e. The molecule has 9 nitrogen and oxygen atoms in total. The Labute approximate surface area is 210 Å². The van der Waals surface area contributed by atoms with E-state index in [2.05, 4.69) is 20.4 Å². The van der Waals surface area contributed by atoms with Crippen molar-refractivity contribution in [2.24, 2.45) is 0 Å². The summed E-state index contributed by atoms with van der Waals surface area (Å²) in [6.45, 7) is 2.11. The number of pyridine rings is 1. The van der Waals surface area contributed by atoms with Crippen LogP contribution in [0.3, 0.4) is 0 Å². The fourth-order valence-corrected chi connectivity index (χ4v) is 3.16. The fraction of sp³-hybridized carbons (Fsp3) is 0.240. The summed E-state index contributed by atoms with van der Waals surface area (Å²) in [7, 11) is 1.31. The molecule has 0 atom stereocenters. The summed E-state index contributed by atoms with van der Waals surface area (Å²) in [6.07, 6.45) is -3.40. The monoisotopic (exact) mass is 519 g/mol. The quantitative estimate of drug-likeness (QED) is 0.360. The number of amides is 2. The number of rotatable bonds is 10. The van der Waals surface area contributed by atoms with Gasteiger partial charge in [-0.1, -0.05) is 18.2 Å². The second-order valence-electron chi connectivity index (χ2n) is 7.38. The smallest absolute Gasteiger partial charge is 0.495 e. The zero-order valence-electron chi connectivity index (χ0n) is 19.9. The molecule has 37 heavy (non-hydrogen) atoms. The Morgan fingerprint density at radius 3 is 2.54 bits per heavy atom. The first-order valence-electron chi connectivity index (χ1n) is 11.0. The zero-order valence-corrected chi connectivity index (χ0v) is 19.9. The van der Waals surface area contributed by atoms with Gasteiger partial charge in [0.2, 0.25) is 0 Å². The number of methoxy groups -OCH3 is 1. The van der Waals surface area contributed by atoms with Crippen molar-refractivity contribution in [1.29, 1.82) is 0 Å². The average Bonchev–Trinajstić information content (AvgIpc) is 2.86. The number of ether oxygens (including phenoxy) is 4. The molecule has 0 aliphatic rings. The molecule has 12 heteroatoms. The summed E-state index contributed by atoms with van der Waals surface area (Å²) in [5, 5.41) is 5.07. The van der Waals surface area contributed by atoms with Gasteiger partial charge in [-0.15, -0.1) is 13.2 Å². The lowest BCUT2D eigenvalue weighted by Crippen LogP contribution is -2.28. The van der Waals surface area contributed by atoms with Crippen molar-refractivity contribution < 1.29 is 41.7 Å². The standard InChI is InChI=1S/C25H24F3N3O6/c1-3-35-23(32)20-12-16(10-11-29-20)15-36-21-7-5-4-6-17(21)14-30-24(33)31-19-13-18(37-25(26,27)28)8-9-22(19)34-2/h4-13H,3,14-15H2,1-2H3,(H2,30,31,33). The predicted octanol–water partition coefficient (Wildman–Crippen LogP) is 5.07. The highest BCUT2D eigenvalue weighted by molar-refractivity contribution is 5.91. The Morgan fingerprint density at radius 2 is 1.81 bits per heavy atom. The molecule has 0 unspecified atom stereocenters. The molecule has 0 aliphatic carbocycles. The minimum absolute atomic E-state index is 0.0126. The van der Waals surface area contributed by atoms with E-state index in [4.69, 9.17) is 14.2 Å². The number of carbonyl (C=O) groups excluding carboxylic acids is 2. The highest BCUT2D eigenvalue weighted by atomic mass is 19.4. The Hall–Kier alpha value is -4.48. The number of anilines is 1. The number of aromatic nitrogens is 1. The van der Waals surface area contributed by atoms with E-state index in [9.17, 15) is 22.8 Å². The van der Waals surface area contributed by atoms with Crippen molar-refractivity contribution in [2.75, 3.05) is 19.0 Å². The van der Waals surface area contributed by atoms with Gasteiger partial charge in [-0.2, -0.15) is 0 Å². The van der Waals surface area contributed by atoms with Gasteiger partial charge in [0, 0.05) is 24.4 Å². The van der Waals surface area contributed by atoms with Crippen molar-refractivity contribution in [3.8, 4) is 17.2 Å². The number of carbonyl (C=O) groups is 2. The van der Waals surface area contributed by atoms with Crippen LogP contribution >= 0.6 is 0 Å². The van der Waals surface area contributed by atoms with Crippen LogP contribution in [0.2, 0.25) is 0 Å². The Bertz CT molecular complexity index is 1240. The topological polar surface area (TPSA) is 108 Å². The molecule has 3 rings (SSSR count). The molecule has 0 saturated heterocycles. The number of hydrogen-bond donors (Lipinski definition) is 2. The second kappa shape index (κ2) is 12.5. The maximum absolute atomic E-state index is 12.5. The van der Waals surface area contributed by atoms with E-state index >= 15 is 0 Å². The third kappa shape index (κ3) is 8.30. The molecule has 196 valence electrons. The minimum atomic E-state index is -4.88. The Morgan fingerprint density at radius 1 is 1.03 bits per heavy atom. The highest BCUT2D eigenvalue weighted by Gasteiger charge is 2.31. The lowest BCUT2D eigenvalue weighted by molar-refractivity contribution is -0.274. The number of alkyl halides is 3. The summed E-state index contributed by atoms with van der Waals surface area (Å²) in [5.41, 5.74) is 1.47. The van der Waals surface area contributed by atoms with E-state index in [0.717, 1.165) is 12.1 Å². The van der Waals surface area contributed by atoms with E-state index in [1.54, 1.807) is 43.3 Å². The number of para-hydroxylation sites is 1. The van der Waals surface area contributed by atoms with Crippen LogP contribution in [0, 0.1) is 0 Å². The van der Waals surface area contributed by atoms with Crippen LogP contribution in [-0.2, 0) is 17.9 Å². The molecule has 2 N–H and O–H groups in total. The van der Waals surface area contributed by atoms with E-state index in [0.29, 0.717) is 16.9 Å². The summed E-state index contributed by atoms with van der Waals surface area (Å²) < 4.78 is 57.4. The maximum atomic E-state index is 12.5. The van der Waals surface area contributed by atoms with Gasteiger partial charge in [-0.05, 0) is 42.8 Å². The van der Waals surface area contributed by atoms with Crippen molar-refractivity contribution >= 4 is 17.7 Å². The van der Waals surface area contributed by atoms with Gasteiger partial charge >= 0.3 is 18.4 Å². The number of nitrogens with zero attached hydrogens (tertiary/aromatic N) is 1. The van der Waals surface area contributed by atoms with Gasteiger partial charge in [0.15, 0.2) is 0 Å². The van der Waals surface area contributed by atoms with Crippen LogP contribution in [0.25, 0.3) is 0 Å². The Balaban J connectivity index is 1.62. The molecule has 0 saturated carbocycles. The highest BCUT2D eigenvalue weighted by Crippen LogP contribution is 2.32. The van der Waals surface area contributed by atoms with Crippen molar-refractivity contribution in [3.05, 3.63) is 77.6 Å². The largest absolute Gasteiger partial charge is 0.573 e. The van der Waals surface area contributed by atoms with E-state index in [-0.39, 0.29) is 36.9 Å². The summed E-state index contributed by atoms with van der Waals surface area (Å²) >= 11 is 0. The second-order valence-corrected chi connectivity index (χ2v) is 7.38. The van der Waals surface area contributed by atoms with Crippen LogP contribution in [0.5, 0.6) is 17.2 Å².